The van der Waals surface area contributed by atoms with Gasteiger partial charge in [-0.05, 0) is 190 Å². The van der Waals surface area contributed by atoms with Crippen molar-refractivity contribution in [1.82, 2.24) is 0 Å². The van der Waals surface area contributed by atoms with Crippen LogP contribution in [0.25, 0.3) is 0 Å². The Morgan fingerprint density at radius 3 is 0.413 bits per heavy atom. The van der Waals surface area contributed by atoms with Crippen LogP contribution >= 0.6 is 23.5 Å². The van der Waals surface area contributed by atoms with Gasteiger partial charge in [-0.3, -0.25) is 0 Å². The van der Waals surface area contributed by atoms with E-state index in [1.807, 2.05) is 0 Å². The minimum Gasteiger partial charge on any atom is -0.736 e. The molecule has 3 aliphatic heterocycles. The van der Waals surface area contributed by atoms with E-state index in [9.17, 15) is 28.4 Å². The molecule has 0 N–H and O–H groups in total. The molecule has 109 heavy (non-hydrogen) atoms. The number of hydrogen-bond acceptors (Lipinski definition) is 12. The van der Waals surface area contributed by atoms with Crippen LogP contribution in [0.5, 0.6) is 34.5 Å². The third-order valence-corrected chi connectivity index (χ3v) is 23.4. The largest absolute Gasteiger partial charge is 3.00 e. The van der Waals surface area contributed by atoms with Crippen molar-refractivity contribution in [2.75, 3.05) is 0 Å². The molecule has 0 spiro atoms. The van der Waals surface area contributed by atoms with Gasteiger partial charge in [-0.2, -0.15) is 0 Å². The summed E-state index contributed by atoms with van der Waals surface area (Å²) in [6, 6.07) is 25.4. The Bertz CT molecular complexity index is 3730. The summed E-state index contributed by atoms with van der Waals surface area (Å²) in [5.74, 6) is 2.59. The van der Waals surface area contributed by atoms with E-state index in [0.717, 1.165) is 125 Å². The zero-order chi connectivity index (χ0) is 82.4. The Labute approximate surface area is 671 Å². The van der Waals surface area contributed by atoms with Crippen LogP contribution in [0.4, 0.5) is 0 Å². The predicted molar refractivity (Wildman–Crippen MR) is 451 cm³/mol. The summed E-state index contributed by atoms with van der Waals surface area (Å²) in [6.07, 6.45) is 6.97. The quantitative estimate of drug-likeness (QED) is 0.104. The number of rotatable bonds is 0. The molecule has 9 rings (SSSR count). The molecule has 3 heterocycles. The van der Waals surface area contributed by atoms with E-state index < -0.39 is 23.5 Å². The van der Waals surface area contributed by atoms with Crippen LogP contribution in [0.3, 0.4) is 0 Å². The SMILES string of the molecule is CC(C)(C)c1cc2c(c(C(C)(C)C)c1)OP(=O)([O-])Oc1c(cc(C(C)(C)C)cc1C(C)(C)C)CCC2.CC(C)(C)c1cc2c(c(C(C)(C)C)c1)OP(=O)([O-])Oc1c(cc(C(C)(C)C)cc1C(C)(C)C)CCC2.CC(C)(C)c1cc2c(c(C(C)(C)C)c1)OP(=O)([O-])Oc1c(cc(C(C)(C)C)cc1C(C)(C)C)CCC2.[Al+3]. The number of aryl methyl sites for hydroxylation is 6. The molecule has 0 fully saturated rings. The van der Waals surface area contributed by atoms with Gasteiger partial charge >= 0.3 is 40.8 Å². The maximum atomic E-state index is 13.5. The van der Waals surface area contributed by atoms with Gasteiger partial charge in [0, 0.05) is 33.4 Å². The molecule has 6 aromatic carbocycles. The summed E-state index contributed by atoms with van der Waals surface area (Å²) in [5, 5.41) is 0. The van der Waals surface area contributed by atoms with Gasteiger partial charge in [0.2, 0.25) is 0 Å². The summed E-state index contributed by atoms with van der Waals surface area (Å²) < 4.78 is 75.9. The smallest absolute Gasteiger partial charge is 0.736 e. The average Bonchev–Trinajstić information content (AvgIpc) is 0.771. The van der Waals surface area contributed by atoms with Gasteiger partial charge in [0.15, 0.2) is 0 Å². The molecule has 0 saturated heterocycles. The molecule has 0 bridgehead atoms. The van der Waals surface area contributed by atoms with Crippen LogP contribution in [0.15, 0.2) is 72.8 Å². The second kappa shape index (κ2) is 31.8. The fourth-order valence-electron chi connectivity index (χ4n) is 14.0. The normalized spacial score (nSPS) is 16.8. The van der Waals surface area contributed by atoms with E-state index in [1.54, 1.807) is 0 Å². The van der Waals surface area contributed by atoms with Crippen LogP contribution < -0.4 is 41.8 Å². The minimum absolute atomic E-state index is 0. The van der Waals surface area contributed by atoms with E-state index in [1.165, 1.54) is 33.4 Å². The first-order chi connectivity index (χ1) is 48.3. The zero-order valence-corrected chi connectivity index (χ0v) is 77.9. The van der Waals surface area contributed by atoms with Crippen LogP contribution in [0.2, 0.25) is 0 Å². The molecule has 3 aliphatic rings. The second-order valence-corrected chi connectivity index (χ2v) is 47.3. The van der Waals surface area contributed by atoms with Crippen LogP contribution in [0.1, 0.15) is 369 Å². The van der Waals surface area contributed by atoms with Crippen molar-refractivity contribution in [3.05, 3.63) is 173 Å². The standard InChI is InChI=1S/3C31H47O4P.Al/c3*1-28(2,3)22-16-20-14-13-15-21-17-23(29(4,5)6)19-25(31(10,11)12)27(21)35-36(32,33)34-26(20)24(18-22)30(7,8)9;/h3*16-19H,13-15H2,1-12H3,(H,32,33);/q;;;+3/p-3. The summed E-state index contributed by atoms with van der Waals surface area (Å²) in [5.41, 5.74) is 15.8. The molecular formula is C93H138AlO12P3. The zero-order valence-electron chi connectivity index (χ0n) is 74.1. The molecule has 0 unspecified atom stereocenters. The fourth-order valence-corrected chi connectivity index (χ4v) is 16.7. The van der Waals surface area contributed by atoms with Gasteiger partial charge in [0.25, 0.3) is 0 Å². The predicted octanol–water partition coefficient (Wildman–Crippen LogP) is 24.5. The van der Waals surface area contributed by atoms with Crippen molar-refractivity contribution in [1.29, 1.82) is 0 Å². The van der Waals surface area contributed by atoms with E-state index in [4.69, 9.17) is 27.1 Å². The Morgan fingerprint density at radius 1 is 0.211 bits per heavy atom. The minimum atomic E-state index is -4.72. The first kappa shape index (κ1) is 93.1. The summed E-state index contributed by atoms with van der Waals surface area (Å²) in [4.78, 5) is 40.6. The monoisotopic (exact) mass is 1570 g/mol. The Hall–Kier alpha value is -4.78. The van der Waals surface area contributed by atoms with Gasteiger partial charge in [0.05, 0.1) is 0 Å². The molecule has 0 radical (unpaired) electrons. The summed E-state index contributed by atoms with van der Waals surface area (Å²) in [7, 11) is -14.2. The maximum absolute atomic E-state index is 13.5. The van der Waals surface area contributed by atoms with E-state index >= 15 is 0 Å². The number of hydrogen-bond donors (Lipinski definition) is 0. The maximum Gasteiger partial charge on any atom is 3.00 e. The van der Waals surface area contributed by atoms with E-state index in [-0.39, 0.29) is 82.3 Å². The number of fused-ring (bicyclic) bond motifs is 6. The number of phosphoric acid groups is 3. The fraction of sp³-hybridized carbons (Fsp3) is 0.613. The molecule has 0 aromatic heterocycles. The molecule has 6 aromatic rings. The van der Waals surface area contributed by atoms with Crippen molar-refractivity contribution < 1.29 is 55.5 Å². The van der Waals surface area contributed by atoms with Crippen molar-refractivity contribution in [2.45, 2.75) is 372 Å². The molecule has 0 atom stereocenters. The topological polar surface area (TPSA) is 176 Å². The first-order valence-electron chi connectivity index (χ1n) is 39.5. The summed E-state index contributed by atoms with van der Waals surface area (Å²) >= 11 is 0. The van der Waals surface area contributed by atoms with Crippen molar-refractivity contribution in [2.24, 2.45) is 0 Å². The van der Waals surface area contributed by atoms with Gasteiger partial charge < -0.3 is 41.8 Å². The molecule has 0 amide bonds. The molecule has 0 saturated carbocycles. The van der Waals surface area contributed by atoms with Gasteiger partial charge in [-0.25, -0.2) is 13.7 Å². The van der Waals surface area contributed by atoms with Crippen molar-refractivity contribution >= 4 is 40.8 Å². The summed E-state index contributed by atoms with van der Waals surface area (Å²) in [6.45, 7) is 76.9. The van der Waals surface area contributed by atoms with Crippen LogP contribution in [-0.4, -0.2) is 17.4 Å². The Morgan fingerprint density at radius 2 is 0.321 bits per heavy atom. The van der Waals surface area contributed by atoms with Crippen molar-refractivity contribution in [3.8, 4) is 34.5 Å². The Balaban J connectivity index is 0.000000254. The molecule has 600 valence electrons. The van der Waals surface area contributed by atoms with Gasteiger partial charge in [-0.15, -0.1) is 0 Å². The molecular weight excluding hydrogens is 1430 g/mol. The molecule has 12 nitrogen and oxygen atoms in total. The first-order valence-corrected chi connectivity index (χ1v) is 43.8. The molecule has 16 heteroatoms. The van der Waals surface area contributed by atoms with Gasteiger partial charge in [-0.1, -0.05) is 322 Å². The van der Waals surface area contributed by atoms with Crippen LogP contribution in [0, 0.1) is 0 Å². The van der Waals surface area contributed by atoms with Crippen molar-refractivity contribution in [3.63, 3.8) is 0 Å². The number of benzene rings is 6. The third kappa shape index (κ3) is 23.7. The number of phosphoric ester groups is 3. The van der Waals surface area contributed by atoms with Crippen LogP contribution in [-0.2, 0) is 117 Å². The average molecular weight is 1570 g/mol. The molecule has 0 aliphatic carbocycles. The second-order valence-electron chi connectivity index (χ2n) is 43.5. The third-order valence-electron chi connectivity index (χ3n) is 20.9. The van der Waals surface area contributed by atoms with Gasteiger partial charge in [0.1, 0.15) is 34.5 Å². The van der Waals surface area contributed by atoms with E-state index in [2.05, 4.69) is 322 Å². The van der Waals surface area contributed by atoms with E-state index in [0.29, 0.717) is 34.5 Å². The Kier molecular flexibility index (Phi) is 27.1.